The second-order valence-electron chi connectivity index (χ2n) is 3.95. The molecule has 0 aliphatic rings. The first-order valence-corrected chi connectivity index (χ1v) is 6.39. The monoisotopic (exact) mass is 322 g/mol. The van der Waals surface area contributed by atoms with Gasteiger partial charge in [0.1, 0.15) is 0 Å². The predicted molar refractivity (Wildman–Crippen MR) is 75.4 cm³/mol. The molecule has 1 aromatic rings. The van der Waals surface area contributed by atoms with E-state index in [0.717, 1.165) is 18.2 Å². The largest absolute Gasteiger partial charge is 0.465 e. The fourth-order valence-corrected chi connectivity index (χ4v) is 1.50. The summed E-state index contributed by atoms with van der Waals surface area (Å²) in [4.78, 5) is 54.6. The van der Waals surface area contributed by atoms with E-state index in [1.165, 1.54) is 13.2 Å². The molecule has 0 amide bonds. The maximum Gasteiger partial charge on any atom is 0.387 e. The van der Waals surface area contributed by atoms with Crippen LogP contribution < -0.4 is 0 Å². The Morgan fingerprint density at radius 2 is 1.74 bits per heavy atom. The van der Waals surface area contributed by atoms with E-state index >= 15 is 0 Å². The maximum atomic E-state index is 11.9. The topological polar surface area (TPSA) is 105 Å². The van der Waals surface area contributed by atoms with E-state index in [-0.39, 0.29) is 23.3 Å². The molecule has 0 heterocycles. The second kappa shape index (κ2) is 8.32. The summed E-state index contributed by atoms with van der Waals surface area (Å²) in [5, 5.41) is 0. The minimum absolute atomic E-state index is 0.0372. The number of methoxy groups -OCH3 is 1. The summed E-state index contributed by atoms with van der Waals surface area (Å²) in [7, 11) is 1.17. The quantitative estimate of drug-likeness (QED) is 0.347. The SMILES string of the molecule is C=CC(=O)OOC(=O)c1ccc(C(=O)OC)cc1C(=O)OCC. The summed E-state index contributed by atoms with van der Waals surface area (Å²) in [6, 6.07) is 3.53. The van der Waals surface area contributed by atoms with E-state index in [2.05, 4.69) is 21.1 Å². The summed E-state index contributed by atoms with van der Waals surface area (Å²) in [5.41, 5.74) is -0.433. The summed E-state index contributed by atoms with van der Waals surface area (Å²) in [6.07, 6.45) is 0.792. The van der Waals surface area contributed by atoms with Crippen LogP contribution in [-0.4, -0.2) is 37.6 Å². The van der Waals surface area contributed by atoms with Crippen molar-refractivity contribution in [3.05, 3.63) is 47.5 Å². The number of hydrogen-bond acceptors (Lipinski definition) is 8. The summed E-state index contributed by atoms with van der Waals surface area (Å²) < 4.78 is 9.35. The van der Waals surface area contributed by atoms with Crippen LogP contribution in [0, 0.1) is 0 Å². The third kappa shape index (κ3) is 4.67. The normalized spacial score (nSPS) is 9.48. The third-order valence-electron chi connectivity index (χ3n) is 2.52. The van der Waals surface area contributed by atoms with Crippen molar-refractivity contribution in [2.45, 2.75) is 6.92 Å². The fraction of sp³-hybridized carbons (Fsp3) is 0.200. The summed E-state index contributed by atoms with van der Waals surface area (Å²) in [5.74, 6) is -3.64. The van der Waals surface area contributed by atoms with Crippen LogP contribution >= 0.6 is 0 Å². The molecular formula is C15H14O8. The predicted octanol–water partition coefficient (Wildman–Crippen LogP) is 1.45. The zero-order chi connectivity index (χ0) is 17.4. The lowest BCUT2D eigenvalue weighted by atomic mass is 10.0. The molecule has 0 unspecified atom stereocenters. The van der Waals surface area contributed by atoms with Crippen LogP contribution in [0.1, 0.15) is 38.0 Å². The van der Waals surface area contributed by atoms with E-state index in [1.54, 1.807) is 6.92 Å². The highest BCUT2D eigenvalue weighted by Crippen LogP contribution is 2.16. The zero-order valence-electron chi connectivity index (χ0n) is 12.5. The van der Waals surface area contributed by atoms with Gasteiger partial charge >= 0.3 is 23.9 Å². The minimum atomic E-state index is -1.11. The number of carbonyl (C=O) groups excluding carboxylic acids is 4. The first kappa shape index (κ1) is 17.9. The van der Waals surface area contributed by atoms with Crippen molar-refractivity contribution in [3.8, 4) is 0 Å². The molecule has 0 aliphatic heterocycles. The van der Waals surface area contributed by atoms with Gasteiger partial charge in [-0.3, -0.25) is 0 Å². The van der Waals surface area contributed by atoms with Crippen LogP contribution in [0.15, 0.2) is 30.9 Å². The van der Waals surface area contributed by atoms with Crippen molar-refractivity contribution in [2.24, 2.45) is 0 Å². The zero-order valence-corrected chi connectivity index (χ0v) is 12.5. The number of benzene rings is 1. The van der Waals surface area contributed by atoms with Crippen LogP contribution in [0.5, 0.6) is 0 Å². The van der Waals surface area contributed by atoms with Crippen LogP contribution in [0.3, 0.4) is 0 Å². The number of hydrogen-bond donors (Lipinski definition) is 0. The number of esters is 2. The Balaban J connectivity index is 3.16. The number of carbonyl (C=O) groups is 4. The maximum absolute atomic E-state index is 11.9. The molecule has 0 saturated carbocycles. The summed E-state index contributed by atoms with van der Waals surface area (Å²) >= 11 is 0. The first-order valence-electron chi connectivity index (χ1n) is 6.39. The van der Waals surface area contributed by atoms with Gasteiger partial charge in [-0.1, -0.05) is 6.58 Å². The van der Waals surface area contributed by atoms with Crippen LogP contribution in [0.2, 0.25) is 0 Å². The molecule has 1 aromatic carbocycles. The molecule has 0 N–H and O–H groups in total. The average molecular weight is 322 g/mol. The molecule has 0 spiro atoms. The van der Waals surface area contributed by atoms with Crippen molar-refractivity contribution in [3.63, 3.8) is 0 Å². The lowest BCUT2D eigenvalue weighted by molar-refractivity contribution is -0.228. The second-order valence-corrected chi connectivity index (χ2v) is 3.95. The first-order chi connectivity index (χ1) is 10.9. The highest BCUT2D eigenvalue weighted by Gasteiger charge is 2.23. The van der Waals surface area contributed by atoms with Crippen molar-refractivity contribution in [1.29, 1.82) is 0 Å². The Morgan fingerprint density at radius 3 is 2.30 bits per heavy atom. The van der Waals surface area contributed by atoms with Gasteiger partial charge in [0.25, 0.3) is 0 Å². The molecule has 8 nitrogen and oxygen atoms in total. The van der Waals surface area contributed by atoms with Crippen LogP contribution in [-0.2, 0) is 24.0 Å². The molecule has 1 rings (SSSR count). The Kier molecular flexibility index (Phi) is 6.47. The van der Waals surface area contributed by atoms with E-state index < -0.39 is 23.9 Å². The van der Waals surface area contributed by atoms with Gasteiger partial charge in [-0.15, -0.1) is 0 Å². The van der Waals surface area contributed by atoms with E-state index in [4.69, 9.17) is 4.74 Å². The molecule has 0 saturated heterocycles. The smallest absolute Gasteiger partial charge is 0.387 e. The number of ether oxygens (including phenoxy) is 2. The van der Waals surface area contributed by atoms with Gasteiger partial charge < -0.3 is 9.47 Å². The number of rotatable bonds is 5. The molecule has 0 atom stereocenters. The molecule has 23 heavy (non-hydrogen) atoms. The Morgan fingerprint density at radius 1 is 1.04 bits per heavy atom. The van der Waals surface area contributed by atoms with Gasteiger partial charge in [-0.2, -0.15) is 0 Å². The third-order valence-corrected chi connectivity index (χ3v) is 2.52. The molecule has 0 aliphatic carbocycles. The molecule has 122 valence electrons. The van der Waals surface area contributed by atoms with Gasteiger partial charge in [0.2, 0.25) is 0 Å². The average Bonchev–Trinajstić information content (AvgIpc) is 2.58. The van der Waals surface area contributed by atoms with Crippen molar-refractivity contribution in [2.75, 3.05) is 13.7 Å². The van der Waals surface area contributed by atoms with E-state index in [1.807, 2.05) is 0 Å². The van der Waals surface area contributed by atoms with Crippen molar-refractivity contribution >= 4 is 23.9 Å². The van der Waals surface area contributed by atoms with Gasteiger partial charge in [0.15, 0.2) is 0 Å². The van der Waals surface area contributed by atoms with Gasteiger partial charge in [0, 0.05) is 6.08 Å². The minimum Gasteiger partial charge on any atom is -0.465 e. The van der Waals surface area contributed by atoms with Gasteiger partial charge in [-0.05, 0) is 25.1 Å². The highest BCUT2D eigenvalue weighted by atomic mass is 17.2. The van der Waals surface area contributed by atoms with Crippen molar-refractivity contribution < 1.29 is 38.4 Å². The molecule has 0 bridgehead atoms. The molecule has 0 fully saturated rings. The van der Waals surface area contributed by atoms with Gasteiger partial charge in [-0.25, -0.2) is 29.0 Å². The van der Waals surface area contributed by atoms with Gasteiger partial charge in [0.05, 0.1) is 30.4 Å². The standard InChI is InChI=1S/C15H14O8/c1-4-12(16)22-23-15(19)10-7-6-9(13(17)20-3)8-11(10)14(18)21-5-2/h4,6-8H,1,5H2,2-3H3. The summed E-state index contributed by atoms with van der Waals surface area (Å²) in [6.45, 7) is 4.76. The van der Waals surface area contributed by atoms with Crippen LogP contribution in [0.4, 0.5) is 0 Å². The highest BCUT2D eigenvalue weighted by molar-refractivity contribution is 6.05. The van der Waals surface area contributed by atoms with E-state index in [0.29, 0.717) is 0 Å². The Bertz CT molecular complexity index is 647. The van der Waals surface area contributed by atoms with Crippen molar-refractivity contribution in [1.82, 2.24) is 0 Å². The Labute approximate surface area is 131 Å². The van der Waals surface area contributed by atoms with Crippen LogP contribution in [0.25, 0.3) is 0 Å². The Hall–Kier alpha value is -3.16. The lowest BCUT2D eigenvalue weighted by Crippen LogP contribution is -2.17. The molecule has 8 heteroatoms. The van der Waals surface area contributed by atoms with E-state index in [9.17, 15) is 19.2 Å². The molecule has 0 aromatic heterocycles. The fourth-order valence-electron chi connectivity index (χ4n) is 1.50. The molecular weight excluding hydrogens is 308 g/mol. The molecule has 0 radical (unpaired) electrons. The lowest BCUT2D eigenvalue weighted by Gasteiger charge is -2.09.